The van der Waals surface area contributed by atoms with Gasteiger partial charge in [-0.15, -0.1) is 0 Å². The van der Waals surface area contributed by atoms with Crippen LogP contribution >= 0.6 is 0 Å². The molecule has 0 amide bonds. The van der Waals surface area contributed by atoms with Gasteiger partial charge in [0, 0.05) is 6.42 Å². The molecule has 0 aliphatic heterocycles. The van der Waals surface area contributed by atoms with E-state index in [0.29, 0.717) is 47.2 Å². The second-order valence-corrected chi connectivity index (χ2v) is 11.6. The zero-order valence-corrected chi connectivity index (χ0v) is 18.5. The average Bonchev–Trinajstić information content (AvgIpc) is 3.00. The van der Waals surface area contributed by atoms with Crippen LogP contribution in [0.5, 0.6) is 0 Å². The Labute approximate surface area is 171 Å². The number of aliphatic hydroxyl groups is 2. The maximum absolute atomic E-state index is 11.5. The van der Waals surface area contributed by atoms with Gasteiger partial charge in [0.25, 0.3) is 0 Å². The van der Waals surface area contributed by atoms with Gasteiger partial charge in [0.05, 0.1) is 12.2 Å². The number of aliphatic hydroxyl groups excluding tert-OH is 2. The third kappa shape index (κ3) is 3.11. The zero-order chi connectivity index (χ0) is 20.3. The lowest BCUT2D eigenvalue weighted by atomic mass is 9.43. The van der Waals surface area contributed by atoms with Crippen molar-refractivity contribution < 1.29 is 15.0 Å². The van der Waals surface area contributed by atoms with Crippen molar-refractivity contribution >= 4 is 5.78 Å². The van der Waals surface area contributed by atoms with Gasteiger partial charge in [0.15, 0.2) is 0 Å². The normalized spacial score (nSPS) is 51.7. The number of fused-ring (bicyclic) bond motifs is 5. The molecule has 0 aromatic rings. The van der Waals surface area contributed by atoms with Crippen LogP contribution in [-0.4, -0.2) is 28.2 Å². The Morgan fingerprint density at radius 1 is 1.04 bits per heavy atom. The maximum Gasteiger partial charge on any atom is 0.129 e. The molecule has 160 valence electrons. The lowest BCUT2D eigenvalue weighted by molar-refractivity contribution is -0.174. The molecule has 2 unspecified atom stereocenters. The zero-order valence-electron chi connectivity index (χ0n) is 18.5. The van der Waals surface area contributed by atoms with E-state index in [4.69, 9.17) is 0 Å². The van der Waals surface area contributed by atoms with E-state index in [1.54, 1.807) is 6.92 Å². The minimum absolute atomic E-state index is 0.0226. The van der Waals surface area contributed by atoms with E-state index < -0.39 is 0 Å². The summed E-state index contributed by atoms with van der Waals surface area (Å²) in [6.45, 7) is 8.89. The highest BCUT2D eigenvalue weighted by atomic mass is 16.3. The molecule has 0 bridgehead atoms. The quantitative estimate of drug-likeness (QED) is 0.711. The lowest BCUT2D eigenvalue weighted by Gasteiger charge is -2.62. The van der Waals surface area contributed by atoms with Gasteiger partial charge in [-0.05, 0) is 111 Å². The van der Waals surface area contributed by atoms with Crippen molar-refractivity contribution in [3.05, 3.63) is 0 Å². The third-order valence-electron chi connectivity index (χ3n) is 10.5. The smallest absolute Gasteiger partial charge is 0.129 e. The maximum atomic E-state index is 11.5. The predicted octanol–water partition coefficient (Wildman–Crippen LogP) is 4.98. The number of hydrogen-bond donors (Lipinski definition) is 2. The minimum atomic E-state index is -0.214. The van der Waals surface area contributed by atoms with Crippen LogP contribution in [0.15, 0.2) is 0 Å². The van der Waals surface area contributed by atoms with Gasteiger partial charge < -0.3 is 15.0 Å². The predicted molar refractivity (Wildman–Crippen MR) is 112 cm³/mol. The second kappa shape index (κ2) is 7.38. The number of rotatable bonds is 4. The van der Waals surface area contributed by atoms with E-state index in [0.717, 1.165) is 38.0 Å². The fourth-order valence-corrected chi connectivity index (χ4v) is 8.79. The van der Waals surface area contributed by atoms with Crippen molar-refractivity contribution in [2.75, 3.05) is 0 Å². The molecule has 4 saturated carbocycles. The first-order chi connectivity index (χ1) is 13.2. The summed E-state index contributed by atoms with van der Waals surface area (Å²) < 4.78 is 0. The Kier molecular flexibility index (Phi) is 5.49. The molecule has 3 nitrogen and oxygen atoms in total. The molecule has 0 saturated heterocycles. The molecule has 0 aromatic heterocycles. The van der Waals surface area contributed by atoms with Gasteiger partial charge in [0.1, 0.15) is 5.78 Å². The van der Waals surface area contributed by atoms with E-state index in [1.807, 2.05) is 0 Å². The monoisotopic (exact) mass is 390 g/mol. The Bertz CT molecular complexity index is 603. The van der Waals surface area contributed by atoms with Gasteiger partial charge in [-0.25, -0.2) is 0 Å². The fourth-order valence-electron chi connectivity index (χ4n) is 8.79. The summed E-state index contributed by atoms with van der Waals surface area (Å²) in [7, 11) is 0. The van der Waals surface area contributed by atoms with Crippen LogP contribution in [0.1, 0.15) is 91.9 Å². The highest BCUT2D eigenvalue weighted by Crippen LogP contribution is 2.68. The molecule has 3 heteroatoms. The van der Waals surface area contributed by atoms with E-state index in [9.17, 15) is 15.0 Å². The number of Topliss-reactive ketones (excluding diaryl/α,β-unsaturated/α-hetero) is 1. The van der Waals surface area contributed by atoms with Crippen molar-refractivity contribution in [2.45, 2.75) is 104 Å². The lowest BCUT2D eigenvalue weighted by Crippen LogP contribution is -2.58. The second-order valence-electron chi connectivity index (χ2n) is 11.6. The Morgan fingerprint density at radius 3 is 2.50 bits per heavy atom. The van der Waals surface area contributed by atoms with Crippen LogP contribution in [0.25, 0.3) is 0 Å². The third-order valence-corrected chi connectivity index (χ3v) is 10.5. The standard InChI is InChI=1S/C25H42O3/c1-15(5-6-16(2)26)20-9-10-21-19-8-7-17-13-18(27)11-12-24(17,3)22(19)14-23(28)25(20,21)4/h15,17-23,27-28H,5-14H2,1-4H3/t15?,17-,18-,19+,20?,21+,22+,23+,24+,25-/m1/s1. The number of ketones is 1. The van der Waals surface area contributed by atoms with Crippen LogP contribution in [0.3, 0.4) is 0 Å². The van der Waals surface area contributed by atoms with Gasteiger partial charge in [0.2, 0.25) is 0 Å². The fraction of sp³-hybridized carbons (Fsp3) is 0.960. The largest absolute Gasteiger partial charge is 0.393 e. The molecule has 4 aliphatic rings. The molecule has 28 heavy (non-hydrogen) atoms. The van der Waals surface area contributed by atoms with Crippen molar-refractivity contribution in [1.29, 1.82) is 0 Å². The summed E-state index contributed by atoms with van der Waals surface area (Å²) in [5.74, 6) is 4.00. The van der Waals surface area contributed by atoms with Crippen molar-refractivity contribution in [1.82, 2.24) is 0 Å². The van der Waals surface area contributed by atoms with Crippen LogP contribution in [0.2, 0.25) is 0 Å². The topological polar surface area (TPSA) is 57.5 Å². The molecular formula is C25H42O3. The molecule has 0 aromatic carbocycles. The summed E-state index contributed by atoms with van der Waals surface area (Å²) in [6, 6.07) is 0. The van der Waals surface area contributed by atoms with Crippen molar-refractivity contribution in [2.24, 2.45) is 46.3 Å². The molecule has 0 heterocycles. The highest BCUT2D eigenvalue weighted by molar-refractivity contribution is 5.75. The van der Waals surface area contributed by atoms with Crippen molar-refractivity contribution in [3.8, 4) is 0 Å². The van der Waals surface area contributed by atoms with E-state index in [1.165, 1.54) is 25.7 Å². The number of carbonyl (C=O) groups excluding carboxylic acids is 1. The summed E-state index contributed by atoms with van der Waals surface area (Å²) in [5.41, 5.74) is 0.331. The van der Waals surface area contributed by atoms with Crippen LogP contribution in [-0.2, 0) is 4.79 Å². The highest BCUT2D eigenvalue weighted by Gasteiger charge is 2.63. The number of carbonyl (C=O) groups is 1. The number of hydrogen-bond acceptors (Lipinski definition) is 3. The summed E-state index contributed by atoms with van der Waals surface area (Å²) in [5, 5.41) is 21.7. The molecule has 4 fully saturated rings. The van der Waals surface area contributed by atoms with Crippen LogP contribution in [0.4, 0.5) is 0 Å². The van der Waals surface area contributed by atoms with E-state index in [2.05, 4.69) is 20.8 Å². The molecule has 10 atom stereocenters. The molecule has 4 aliphatic carbocycles. The average molecular weight is 391 g/mol. The Morgan fingerprint density at radius 2 is 1.79 bits per heavy atom. The van der Waals surface area contributed by atoms with E-state index in [-0.39, 0.29) is 17.6 Å². The first-order valence-electron chi connectivity index (χ1n) is 12.0. The minimum Gasteiger partial charge on any atom is -0.393 e. The first kappa shape index (κ1) is 20.8. The van der Waals surface area contributed by atoms with Gasteiger partial charge in [-0.1, -0.05) is 20.8 Å². The summed E-state index contributed by atoms with van der Waals surface area (Å²) in [6.07, 6.45) is 10.4. The summed E-state index contributed by atoms with van der Waals surface area (Å²) >= 11 is 0. The van der Waals surface area contributed by atoms with Gasteiger partial charge in [-0.3, -0.25) is 0 Å². The van der Waals surface area contributed by atoms with Crippen LogP contribution in [0, 0.1) is 46.3 Å². The molecule has 2 N–H and O–H groups in total. The van der Waals surface area contributed by atoms with Crippen LogP contribution < -0.4 is 0 Å². The van der Waals surface area contributed by atoms with E-state index >= 15 is 0 Å². The Hall–Kier alpha value is -0.410. The SMILES string of the molecule is CC(=O)CCC(C)C1CC[C@H]2[C@@H]3CC[C@@H]4C[C@H](O)CC[C@]4(C)[C@H]3C[C@H](O)[C@]12C. The molecular weight excluding hydrogens is 348 g/mol. The molecule has 0 spiro atoms. The van der Waals surface area contributed by atoms with Crippen molar-refractivity contribution in [3.63, 3.8) is 0 Å². The van der Waals surface area contributed by atoms with Gasteiger partial charge >= 0.3 is 0 Å². The summed E-state index contributed by atoms with van der Waals surface area (Å²) in [4.78, 5) is 11.5. The first-order valence-corrected chi connectivity index (χ1v) is 12.0. The Balaban J connectivity index is 1.56. The molecule has 0 radical (unpaired) electrons. The molecule has 4 rings (SSSR count). The van der Waals surface area contributed by atoms with Gasteiger partial charge in [-0.2, -0.15) is 0 Å².